The molecule has 5 heteroatoms. The van der Waals surface area contributed by atoms with E-state index in [1.54, 1.807) is 3.27 Å². The zero-order chi connectivity index (χ0) is 31.6. The van der Waals surface area contributed by atoms with E-state index in [0.717, 1.165) is 44.2 Å². The summed E-state index contributed by atoms with van der Waals surface area (Å²) in [6, 6.07) is 17.3. The van der Waals surface area contributed by atoms with Crippen molar-refractivity contribution in [3.05, 3.63) is 71.6 Å². The Hall–Kier alpha value is -1.41. The standard InChI is InChI=1S/C19H17N.C13H24O2.2C3H7.Bi.Ir/c1-13(2)15-7-8-18-16(12-15)9-10-20-19(18)17-6-4-5-14(3)11-17;1-5-10(6-2)12(14)9-13(15)11(7-3)8-4;2*1-3-2;;/h5-10,12-13H,1-3H3;9-11,14H,5-8H2,1-4H3;2*3H,1-2H3;;/q-1;;;;;/b;12-9-;;;;. The normalized spacial score (nSPS) is 12.0. The SMILES string of the molecule is CCC(CC)C(=O)/C=C(\O)C(CC)CC.Cc1[c-]c(-c2nccc3cc(C(C)C)ccc23)c[c]([Bi]([CH](C)C)[CH](C)C)c1.[Ir]. The Morgan fingerprint density at radius 1 is 0.884 bits per heavy atom. The van der Waals surface area contributed by atoms with E-state index in [0.29, 0.717) is 5.92 Å². The number of allylic oxidation sites excluding steroid dienone is 2. The molecule has 3 aromatic rings. The summed E-state index contributed by atoms with van der Waals surface area (Å²) in [5, 5.41) is 12.3. The molecule has 0 aliphatic rings. The number of nitrogens with zero attached hydrogens (tertiary/aromatic N) is 1. The van der Waals surface area contributed by atoms with Gasteiger partial charge in [0, 0.05) is 38.0 Å². The van der Waals surface area contributed by atoms with E-state index in [1.165, 1.54) is 28.0 Å². The number of hydrogen-bond donors (Lipinski definition) is 1. The van der Waals surface area contributed by atoms with Gasteiger partial charge in [-0.2, -0.15) is 0 Å². The molecule has 0 saturated heterocycles. The fourth-order valence-electron chi connectivity index (χ4n) is 5.71. The van der Waals surface area contributed by atoms with E-state index >= 15 is 0 Å². The largest absolute Gasteiger partial charge is 0 e. The number of aromatic nitrogens is 1. The molecule has 0 saturated carbocycles. The first-order valence-corrected chi connectivity index (χ1v) is 21.8. The second kappa shape index (κ2) is 19.2. The molecule has 2 aromatic carbocycles. The van der Waals surface area contributed by atoms with Crippen LogP contribution in [0.15, 0.2) is 54.4 Å². The van der Waals surface area contributed by atoms with Crippen molar-refractivity contribution in [3.63, 3.8) is 0 Å². The molecule has 1 heterocycles. The van der Waals surface area contributed by atoms with Gasteiger partial charge in [0.05, 0.1) is 5.76 Å². The van der Waals surface area contributed by atoms with Crippen LogP contribution in [0.25, 0.3) is 22.0 Å². The monoisotopic (exact) mass is 959 g/mol. The minimum absolute atomic E-state index is 0. The summed E-state index contributed by atoms with van der Waals surface area (Å²) in [4.78, 5) is 16.5. The Bertz CT molecular complexity index is 1310. The van der Waals surface area contributed by atoms with Gasteiger partial charge in [-0.3, -0.25) is 4.79 Å². The van der Waals surface area contributed by atoms with E-state index in [4.69, 9.17) is 4.98 Å². The number of aliphatic hydroxyl groups excluding tert-OH is 1. The number of carbonyl (C=O) groups is 1. The fraction of sp³-hybridized carbons (Fsp3) is 0.526. The van der Waals surface area contributed by atoms with Crippen molar-refractivity contribution in [1.29, 1.82) is 0 Å². The van der Waals surface area contributed by atoms with Crippen LogP contribution in [0.3, 0.4) is 0 Å². The van der Waals surface area contributed by atoms with Crippen LogP contribution in [0.5, 0.6) is 0 Å². The maximum Gasteiger partial charge on any atom is 0 e. The summed E-state index contributed by atoms with van der Waals surface area (Å²) in [6.45, 7) is 24.4. The molecule has 3 rings (SSSR count). The number of pyridine rings is 1. The fourth-order valence-corrected chi connectivity index (χ4v) is 17.4. The zero-order valence-corrected chi connectivity index (χ0v) is 34.3. The smallest absolute Gasteiger partial charge is 0 e. The summed E-state index contributed by atoms with van der Waals surface area (Å²) in [6.07, 6.45) is 6.85. The van der Waals surface area contributed by atoms with Gasteiger partial charge >= 0.3 is 173 Å². The number of aliphatic hydroxyl groups is 1. The van der Waals surface area contributed by atoms with Crippen LogP contribution < -0.4 is 3.27 Å². The summed E-state index contributed by atoms with van der Waals surface area (Å²) >= 11 is -1.79. The Morgan fingerprint density at radius 3 is 1.98 bits per heavy atom. The van der Waals surface area contributed by atoms with Gasteiger partial charge in [-0.1, -0.05) is 27.7 Å². The number of carbonyl (C=O) groups excluding carboxylic acids is 1. The van der Waals surface area contributed by atoms with Crippen LogP contribution >= 0.6 is 0 Å². The topological polar surface area (TPSA) is 50.2 Å². The molecule has 3 nitrogen and oxygen atoms in total. The van der Waals surface area contributed by atoms with Crippen molar-refractivity contribution in [3.8, 4) is 11.3 Å². The number of ketones is 1. The average molecular weight is 959 g/mol. The van der Waals surface area contributed by atoms with Gasteiger partial charge in [-0.15, -0.1) is 0 Å². The molecule has 239 valence electrons. The van der Waals surface area contributed by atoms with Crippen LogP contribution in [0, 0.1) is 24.8 Å². The van der Waals surface area contributed by atoms with Crippen LogP contribution in [0.1, 0.15) is 112 Å². The van der Waals surface area contributed by atoms with Gasteiger partial charge in [-0.25, -0.2) is 0 Å². The second-order valence-electron chi connectivity index (χ2n) is 12.3. The minimum atomic E-state index is -1.79. The van der Waals surface area contributed by atoms with Crippen molar-refractivity contribution < 1.29 is 30.0 Å². The average Bonchev–Trinajstić information content (AvgIpc) is 2.93. The van der Waals surface area contributed by atoms with E-state index in [-0.39, 0.29) is 43.5 Å². The maximum absolute atomic E-state index is 11.7. The Morgan fingerprint density at radius 2 is 1.47 bits per heavy atom. The van der Waals surface area contributed by atoms with Crippen molar-refractivity contribution >= 4 is 41.6 Å². The molecule has 0 atom stereocenters. The minimum Gasteiger partial charge on any atom is 0 e. The number of hydrogen-bond acceptors (Lipinski definition) is 3. The van der Waals surface area contributed by atoms with Crippen molar-refractivity contribution in [2.75, 3.05) is 0 Å². The van der Waals surface area contributed by atoms with E-state index in [9.17, 15) is 9.90 Å². The molecule has 0 amide bonds. The third-order valence-corrected chi connectivity index (χ3v) is 20.2. The summed E-state index contributed by atoms with van der Waals surface area (Å²) < 4.78 is 3.23. The Labute approximate surface area is 284 Å². The molecular formula is C38H55BiIrNO2-. The third-order valence-electron chi connectivity index (χ3n) is 8.19. The van der Waals surface area contributed by atoms with Crippen molar-refractivity contribution in [2.45, 2.75) is 115 Å². The molecule has 1 radical (unpaired) electrons. The summed E-state index contributed by atoms with van der Waals surface area (Å²) in [5.41, 5.74) is 4.85. The van der Waals surface area contributed by atoms with Gasteiger partial charge in [0.2, 0.25) is 0 Å². The van der Waals surface area contributed by atoms with Crippen LogP contribution in [0.4, 0.5) is 0 Å². The van der Waals surface area contributed by atoms with Crippen LogP contribution in [-0.4, -0.2) is 37.6 Å². The molecule has 0 aliphatic heterocycles. The van der Waals surface area contributed by atoms with E-state index in [2.05, 4.69) is 90.9 Å². The van der Waals surface area contributed by atoms with Crippen molar-refractivity contribution in [1.82, 2.24) is 4.98 Å². The first kappa shape index (κ1) is 39.6. The number of rotatable bonds is 12. The summed E-state index contributed by atoms with van der Waals surface area (Å²) in [5.74, 6) is 1.08. The second-order valence-corrected chi connectivity index (χ2v) is 25.5. The number of aryl methyl sites for hydroxylation is 1. The Balaban J connectivity index is 0.000000497. The van der Waals surface area contributed by atoms with Crippen molar-refractivity contribution in [2.24, 2.45) is 11.8 Å². The molecular weight excluding hydrogens is 904 g/mol. The molecule has 1 aromatic heterocycles. The zero-order valence-electron chi connectivity index (χ0n) is 28.4. The molecule has 1 N–H and O–H groups in total. The van der Waals surface area contributed by atoms with E-state index in [1.807, 2.05) is 33.9 Å². The number of benzene rings is 2. The quantitative estimate of drug-likeness (QED) is 0.0852. The first-order chi connectivity index (χ1) is 19.9. The molecule has 0 spiro atoms. The van der Waals surface area contributed by atoms with Crippen LogP contribution in [0.2, 0.25) is 7.25 Å². The van der Waals surface area contributed by atoms with Crippen LogP contribution in [-0.2, 0) is 24.9 Å². The summed E-state index contributed by atoms with van der Waals surface area (Å²) in [7, 11) is 0. The molecule has 0 bridgehead atoms. The van der Waals surface area contributed by atoms with E-state index < -0.39 is 21.8 Å². The maximum atomic E-state index is 11.7. The van der Waals surface area contributed by atoms with Gasteiger partial charge in [0.25, 0.3) is 0 Å². The molecule has 0 fully saturated rings. The first-order valence-electron chi connectivity index (χ1n) is 16.0. The Kier molecular flexibility index (Phi) is 17.7. The van der Waals surface area contributed by atoms with Gasteiger partial charge in [-0.05, 0) is 25.7 Å². The third kappa shape index (κ3) is 11.2. The predicted molar refractivity (Wildman–Crippen MR) is 184 cm³/mol. The molecule has 43 heavy (non-hydrogen) atoms. The predicted octanol–water partition coefficient (Wildman–Crippen LogP) is 10.5. The number of fused-ring (bicyclic) bond motifs is 1. The molecule has 0 aliphatic carbocycles. The molecule has 0 unspecified atom stereocenters. The van der Waals surface area contributed by atoms with Gasteiger partial charge in [0.1, 0.15) is 0 Å². The van der Waals surface area contributed by atoms with Gasteiger partial charge < -0.3 is 5.11 Å². The van der Waals surface area contributed by atoms with Gasteiger partial charge in [0.15, 0.2) is 5.78 Å².